The zero-order chi connectivity index (χ0) is 14.6. The van der Waals surface area contributed by atoms with Crippen LogP contribution in [0.2, 0.25) is 0 Å². The van der Waals surface area contributed by atoms with Crippen molar-refractivity contribution in [2.75, 3.05) is 20.6 Å². The lowest BCUT2D eigenvalue weighted by Crippen LogP contribution is -2.47. The van der Waals surface area contributed by atoms with Gasteiger partial charge in [-0.15, -0.1) is 0 Å². The molecule has 1 N–H and O–H groups in total. The van der Waals surface area contributed by atoms with Crippen LogP contribution in [0.1, 0.15) is 59.3 Å². The zero-order valence-electron chi connectivity index (χ0n) is 12.7. The van der Waals surface area contributed by atoms with E-state index in [0.29, 0.717) is 0 Å². The minimum atomic E-state index is -1.08. The Bertz CT molecular complexity index is 199. The molecular formula is C14H31NO3. The molecule has 110 valence electrons. The van der Waals surface area contributed by atoms with Gasteiger partial charge in [0.15, 0.2) is 6.23 Å². The number of nitrogens with zero attached hydrogens (tertiary/aromatic N) is 1. The van der Waals surface area contributed by atoms with Crippen LogP contribution in [0.4, 0.5) is 0 Å². The van der Waals surface area contributed by atoms with Gasteiger partial charge in [-0.3, -0.25) is 0 Å². The van der Waals surface area contributed by atoms with Crippen LogP contribution in [-0.4, -0.2) is 42.4 Å². The van der Waals surface area contributed by atoms with Crippen molar-refractivity contribution in [3.8, 4) is 0 Å². The van der Waals surface area contributed by atoms with Gasteiger partial charge in [-0.25, -0.2) is 0 Å². The molecule has 0 aliphatic carbocycles. The normalized spacial score (nSPS) is 12.6. The average molecular weight is 261 g/mol. The number of rotatable bonds is 8. The Kier molecular flexibility index (Phi) is 12.6. The number of hydrogen-bond acceptors (Lipinski definition) is 3. The molecule has 0 radical (unpaired) electrons. The van der Waals surface area contributed by atoms with E-state index >= 15 is 0 Å². The van der Waals surface area contributed by atoms with Crippen LogP contribution in [0.25, 0.3) is 0 Å². The van der Waals surface area contributed by atoms with Crippen LogP contribution in [0.3, 0.4) is 0 Å². The second-order valence-electron chi connectivity index (χ2n) is 5.39. The molecule has 0 aromatic rings. The van der Waals surface area contributed by atoms with Crippen molar-refractivity contribution in [1.29, 1.82) is 0 Å². The first kappa shape index (κ1) is 19.7. The molecule has 0 amide bonds. The maximum atomic E-state index is 9.49. The van der Waals surface area contributed by atoms with E-state index < -0.39 is 5.97 Å². The lowest BCUT2D eigenvalue weighted by Gasteiger charge is -2.32. The molecule has 0 saturated heterocycles. The van der Waals surface area contributed by atoms with Crippen molar-refractivity contribution in [2.24, 2.45) is 0 Å². The van der Waals surface area contributed by atoms with Gasteiger partial charge in [-0.1, -0.05) is 32.6 Å². The molecule has 0 fully saturated rings. The molecule has 0 saturated carbocycles. The predicted octanol–water partition coefficient (Wildman–Crippen LogP) is 1.52. The van der Waals surface area contributed by atoms with Gasteiger partial charge >= 0.3 is 0 Å². The zero-order valence-corrected chi connectivity index (χ0v) is 12.7. The lowest BCUT2D eigenvalue weighted by molar-refractivity contribution is -0.934. The van der Waals surface area contributed by atoms with E-state index in [0.717, 1.165) is 18.0 Å². The Balaban J connectivity index is 0. The quantitative estimate of drug-likeness (QED) is 0.409. The summed E-state index contributed by atoms with van der Waals surface area (Å²) in [4.78, 5) is 8.89. The minimum absolute atomic E-state index is 0.245. The highest BCUT2D eigenvalue weighted by molar-refractivity contribution is 5.60. The molecule has 0 rings (SSSR count). The summed E-state index contributed by atoms with van der Waals surface area (Å²) in [7, 11) is 4.19. The van der Waals surface area contributed by atoms with Gasteiger partial charge in [0.2, 0.25) is 0 Å². The van der Waals surface area contributed by atoms with Gasteiger partial charge in [-0.2, -0.15) is 0 Å². The predicted molar refractivity (Wildman–Crippen MR) is 72.7 cm³/mol. The van der Waals surface area contributed by atoms with Crippen LogP contribution in [0, 0.1) is 0 Å². The number of aliphatic hydroxyl groups excluding tert-OH is 1. The van der Waals surface area contributed by atoms with Crippen LogP contribution >= 0.6 is 0 Å². The van der Waals surface area contributed by atoms with Crippen molar-refractivity contribution in [3.05, 3.63) is 0 Å². The number of carboxylic acid groups (broad SMARTS) is 1. The largest absolute Gasteiger partial charge is 0.550 e. The Morgan fingerprint density at radius 2 is 1.56 bits per heavy atom. The van der Waals surface area contributed by atoms with E-state index in [2.05, 4.69) is 21.0 Å². The number of aliphatic hydroxyl groups is 1. The van der Waals surface area contributed by atoms with Crippen molar-refractivity contribution < 1.29 is 19.5 Å². The summed E-state index contributed by atoms with van der Waals surface area (Å²) in [5, 5.41) is 18.4. The number of unbranched alkanes of at least 4 members (excludes halogenated alkanes) is 5. The fraction of sp³-hybridized carbons (Fsp3) is 0.929. The van der Waals surface area contributed by atoms with E-state index in [1.807, 2.05) is 6.92 Å². The van der Waals surface area contributed by atoms with E-state index in [1.165, 1.54) is 38.5 Å². The molecule has 0 spiro atoms. The summed E-state index contributed by atoms with van der Waals surface area (Å²) < 4.78 is 0.730. The molecular weight excluding hydrogens is 230 g/mol. The van der Waals surface area contributed by atoms with Crippen LogP contribution in [-0.2, 0) is 4.79 Å². The van der Waals surface area contributed by atoms with Gasteiger partial charge in [-0.05, 0) is 19.8 Å². The summed E-state index contributed by atoms with van der Waals surface area (Å²) in [6.07, 6.45) is 7.72. The van der Waals surface area contributed by atoms with Crippen molar-refractivity contribution in [3.63, 3.8) is 0 Å². The van der Waals surface area contributed by atoms with Crippen LogP contribution in [0.15, 0.2) is 0 Å². The molecule has 1 unspecified atom stereocenters. The minimum Gasteiger partial charge on any atom is -0.550 e. The second-order valence-corrected chi connectivity index (χ2v) is 5.39. The van der Waals surface area contributed by atoms with Crippen molar-refractivity contribution in [2.45, 2.75) is 65.5 Å². The Morgan fingerprint density at radius 3 is 1.94 bits per heavy atom. The fourth-order valence-corrected chi connectivity index (χ4v) is 1.49. The summed E-state index contributed by atoms with van der Waals surface area (Å²) in [5.74, 6) is -1.08. The maximum absolute atomic E-state index is 9.49. The number of carboxylic acids is 1. The average Bonchev–Trinajstić information content (AvgIpc) is 2.22. The van der Waals surface area contributed by atoms with Gasteiger partial charge in [0.1, 0.15) is 0 Å². The standard InChI is InChI=1S/C12H28NO.C2H4O2/c1-5-6-7-8-9-10-11-13(3,4)12(2)14;1-2(3)4/h12,14H,5-11H2,1-4H3;1H3,(H,3,4)/q+1;/p-1. The highest BCUT2D eigenvalue weighted by Crippen LogP contribution is 2.10. The molecule has 0 aliphatic rings. The first-order valence-corrected chi connectivity index (χ1v) is 6.92. The fourth-order valence-electron chi connectivity index (χ4n) is 1.49. The summed E-state index contributed by atoms with van der Waals surface area (Å²) >= 11 is 0. The number of hydrogen-bond donors (Lipinski definition) is 1. The Labute approximate surface area is 112 Å². The lowest BCUT2D eigenvalue weighted by atomic mass is 10.1. The monoisotopic (exact) mass is 261 g/mol. The third kappa shape index (κ3) is 15.4. The van der Waals surface area contributed by atoms with Gasteiger partial charge in [0.25, 0.3) is 0 Å². The molecule has 0 bridgehead atoms. The van der Waals surface area contributed by atoms with E-state index in [-0.39, 0.29) is 6.23 Å². The molecule has 0 aromatic carbocycles. The van der Waals surface area contributed by atoms with Crippen LogP contribution in [0.5, 0.6) is 0 Å². The molecule has 4 heteroatoms. The number of carbonyl (C=O) groups excluding carboxylic acids is 1. The first-order valence-electron chi connectivity index (χ1n) is 6.92. The third-order valence-corrected chi connectivity index (χ3v) is 3.10. The number of quaternary nitrogens is 1. The first-order chi connectivity index (χ1) is 8.24. The van der Waals surface area contributed by atoms with Gasteiger partial charge in [0, 0.05) is 12.9 Å². The third-order valence-electron chi connectivity index (χ3n) is 3.10. The topological polar surface area (TPSA) is 60.4 Å². The number of carbonyl (C=O) groups is 1. The highest BCUT2D eigenvalue weighted by atomic mass is 16.4. The van der Waals surface area contributed by atoms with Crippen LogP contribution < -0.4 is 5.11 Å². The molecule has 1 atom stereocenters. The second kappa shape index (κ2) is 11.5. The van der Waals surface area contributed by atoms with E-state index in [1.54, 1.807) is 0 Å². The molecule has 18 heavy (non-hydrogen) atoms. The van der Waals surface area contributed by atoms with E-state index in [9.17, 15) is 5.11 Å². The Morgan fingerprint density at radius 1 is 1.17 bits per heavy atom. The molecule has 0 heterocycles. The highest BCUT2D eigenvalue weighted by Gasteiger charge is 2.19. The number of aliphatic carboxylic acids is 1. The summed E-state index contributed by atoms with van der Waals surface area (Å²) in [5.41, 5.74) is 0. The smallest absolute Gasteiger partial charge is 0.187 e. The molecule has 0 aliphatic heterocycles. The SMILES string of the molecule is CC(=O)[O-].CCCCCCCC[N+](C)(C)C(C)O. The van der Waals surface area contributed by atoms with Crippen molar-refractivity contribution >= 4 is 5.97 Å². The Hall–Kier alpha value is -0.610. The molecule has 0 aromatic heterocycles. The van der Waals surface area contributed by atoms with E-state index in [4.69, 9.17) is 9.90 Å². The summed E-state index contributed by atoms with van der Waals surface area (Å²) in [6, 6.07) is 0. The van der Waals surface area contributed by atoms with Gasteiger partial charge in [0.05, 0.1) is 20.6 Å². The van der Waals surface area contributed by atoms with Crippen molar-refractivity contribution in [1.82, 2.24) is 0 Å². The van der Waals surface area contributed by atoms with Gasteiger partial charge < -0.3 is 19.5 Å². The molecule has 4 nitrogen and oxygen atoms in total. The maximum Gasteiger partial charge on any atom is 0.187 e. The summed E-state index contributed by atoms with van der Waals surface area (Å²) in [6.45, 7) is 6.17.